The zero-order valence-electron chi connectivity index (χ0n) is 16.6. The Kier molecular flexibility index (Phi) is 5.40. The first-order chi connectivity index (χ1) is 15.2. The SMILES string of the molecule is Cc1ccc(NC(=O)c2cc3ccc(O)cc3oc2=Nc2cccc(C(F)(F)F)c2)nc1. The summed E-state index contributed by atoms with van der Waals surface area (Å²) in [5, 5.41) is 12.8. The maximum atomic E-state index is 13.1. The molecule has 0 fully saturated rings. The molecule has 6 nitrogen and oxygen atoms in total. The third-order valence-corrected chi connectivity index (χ3v) is 4.54. The van der Waals surface area contributed by atoms with Crippen LogP contribution >= 0.6 is 0 Å². The number of benzene rings is 2. The normalized spacial score (nSPS) is 12.2. The number of aromatic nitrogens is 1. The number of phenolic OH excluding ortho intramolecular Hbond substituents is 1. The largest absolute Gasteiger partial charge is 0.508 e. The van der Waals surface area contributed by atoms with Crippen molar-refractivity contribution in [2.45, 2.75) is 13.1 Å². The van der Waals surface area contributed by atoms with Gasteiger partial charge in [-0.1, -0.05) is 12.1 Å². The third kappa shape index (κ3) is 4.61. The van der Waals surface area contributed by atoms with Gasteiger partial charge in [0.05, 0.1) is 11.3 Å². The van der Waals surface area contributed by atoms with Gasteiger partial charge in [-0.2, -0.15) is 13.2 Å². The second kappa shape index (κ2) is 8.18. The molecule has 2 aromatic carbocycles. The monoisotopic (exact) mass is 439 g/mol. The number of nitrogens with zero attached hydrogens (tertiary/aromatic N) is 2. The van der Waals surface area contributed by atoms with Gasteiger partial charge in [-0.15, -0.1) is 0 Å². The summed E-state index contributed by atoms with van der Waals surface area (Å²) < 4.78 is 44.9. The van der Waals surface area contributed by atoms with E-state index in [0.29, 0.717) is 5.39 Å². The number of amides is 1. The molecule has 0 aliphatic rings. The Morgan fingerprint density at radius 3 is 2.62 bits per heavy atom. The molecule has 0 saturated heterocycles. The minimum Gasteiger partial charge on any atom is -0.508 e. The van der Waals surface area contributed by atoms with E-state index in [9.17, 15) is 23.1 Å². The number of carbonyl (C=O) groups excluding carboxylic acids is 1. The summed E-state index contributed by atoms with van der Waals surface area (Å²) in [4.78, 5) is 21.2. The molecule has 0 radical (unpaired) electrons. The number of carbonyl (C=O) groups is 1. The Bertz CT molecular complexity index is 1380. The smallest absolute Gasteiger partial charge is 0.416 e. The number of halogens is 3. The summed E-state index contributed by atoms with van der Waals surface area (Å²) >= 11 is 0. The number of aryl methyl sites for hydroxylation is 1. The molecule has 0 atom stereocenters. The van der Waals surface area contributed by atoms with E-state index < -0.39 is 17.6 Å². The van der Waals surface area contributed by atoms with Crippen molar-refractivity contribution < 1.29 is 27.5 Å². The van der Waals surface area contributed by atoms with E-state index >= 15 is 0 Å². The van der Waals surface area contributed by atoms with E-state index in [-0.39, 0.29) is 34.0 Å². The van der Waals surface area contributed by atoms with Crippen molar-refractivity contribution in [3.63, 3.8) is 0 Å². The topological polar surface area (TPSA) is 87.7 Å². The number of rotatable bonds is 3. The molecule has 0 aliphatic carbocycles. The fourth-order valence-corrected chi connectivity index (χ4v) is 2.95. The number of pyridine rings is 1. The third-order valence-electron chi connectivity index (χ3n) is 4.54. The van der Waals surface area contributed by atoms with Crippen LogP contribution in [0, 0.1) is 6.92 Å². The average Bonchev–Trinajstić information content (AvgIpc) is 2.74. The van der Waals surface area contributed by atoms with Gasteiger partial charge in [0.2, 0.25) is 5.55 Å². The van der Waals surface area contributed by atoms with E-state index in [1.165, 1.54) is 30.3 Å². The molecule has 162 valence electrons. The van der Waals surface area contributed by atoms with E-state index in [0.717, 1.165) is 17.7 Å². The quantitative estimate of drug-likeness (QED) is 0.451. The van der Waals surface area contributed by atoms with Crippen molar-refractivity contribution in [2.75, 3.05) is 5.32 Å². The highest BCUT2D eigenvalue weighted by molar-refractivity contribution is 6.05. The van der Waals surface area contributed by atoms with Gasteiger partial charge in [0, 0.05) is 17.6 Å². The van der Waals surface area contributed by atoms with E-state index in [1.807, 2.05) is 6.92 Å². The molecule has 0 bridgehead atoms. The highest BCUT2D eigenvalue weighted by Gasteiger charge is 2.30. The zero-order valence-corrected chi connectivity index (χ0v) is 16.6. The summed E-state index contributed by atoms with van der Waals surface area (Å²) in [6.45, 7) is 1.85. The number of nitrogens with one attached hydrogen (secondary N) is 1. The Morgan fingerprint density at radius 2 is 1.91 bits per heavy atom. The van der Waals surface area contributed by atoms with Gasteiger partial charge in [0.25, 0.3) is 5.91 Å². The van der Waals surface area contributed by atoms with E-state index in [1.54, 1.807) is 24.4 Å². The number of phenols is 1. The van der Waals surface area contributed by atoms with E-state index in [4.69, 9.17) is 4.42 Å². The molecule has 2 aromatic heterocycles. The molecule has 2 heterocycles. The average molecular weight is 439 g/mol. The first kappa shape index (κ1) is 21.1. The fourth-order valence-electron chi connectivity index (χ4n) is 2.95. The molecule has 0 aliphatic heterocycles. The van der Waals surface area contributed by atoms with Gasteiger partial charge in [-0.25, -0.2) is 9.98 Å². The van der Waals surface area contributed by atoms with Crippen LogP contribution in [0.1, 0.15) is 21.5 Å². The Hall–Kier alpha value is -4.14. The van der Waals surface area contributed by atoms with Crippen LogP contribution in [0.15, 0.2) is 76.3 Å². The molecule has 1 amide bonds. The summed E-state index contributed by atoms with van der Waals surface area (Å²) in [6.07, 6.45) is -2.97. The fraction of sp³-hybridized carbons (Fsp3) is 0.0870. The van der Waals surface area contributed by atoms with Crippen LogP contribution in [-0.2, 0) is 6.18 Å². The minimum absolute atomic E-state index is 0.0111. The lowest BCUT2D eigenvalue weighted by Gasteiger charge is -2.08. The van der Waals surface area contributed by atoms with Crippen LogP contribution in [0.4, 0.5) is 24.7 Å². The van der Waals surface area contributed by atoms with Gasteiger partial charge in [0.15, 0.2) is 0 Å². The summed E-state index contributed by atoms with van der Waals surface area (Å²) in [7, 11) is 0. The van der Waals surface area contributed by atoms with E-state index in [2.05, 4.69) is 15.3 Å². The van der Waals surface area contributed by atoms with Gasteiger partial charge in [0.1, 0.15) is 22.7 Å². The van der Waals surface area contributed by atoms with Crippen LogP contribution in [0.3, 0.4) is 0 Å². The molecule has 4 rings (SSSR count). The maximum absolute atomic E-state index is 13.1. The second-order valence-corrected chi connectivity index (χ2v) is 7.02. The molecular formula is C23H16F3N3O3. The Morgan fingerprint density at radius 1 is 1.09 bits per heavy atom. The van der Waals surface area contributed by atoms with Gasteiger partial charge in [-0.05, 0) is 55.0 Å². The molecular weight excluding hydrogens is 423 g/mol. The Balaban J connectivity index is 1.85. The summed E-state index contributed by atoms with van der Waals surface area (Å²) in [5.74, 6) is -0.394. The predicted octanol–water partition coefficient (Wildman–Crippen LogP) is 5.35. The minimum atomic E-state index is -4.55. The number of anilines is 1. The first-order valence-corrected chi connectivity index (χ1v) is 9.42. The van der Waals surface area contributed by atoms with Crippen LogP contribution in [0.2, 0.25) is 0 Å². The predicted molar refractivity (Wildman–Crippen MR) is 111 cm³/mol. The van der Waals surface area contributed by atoms with Crippen molar-refractivity contribution >= 4 is 28.4 Å². The highest BCUT2D eigenvalue weighted by Crippen LogP contribution is 2.31. The van der Waals surface area contributed by atoms with Crippen LogP contribution in [0.25, 0.3) is 11.0 Å². The lowest BCUT2D eigenvalue weighted by atomic mass is 10.1. The number of alkyl halides is 3. The number of aromatic hydroxyl groups is 1. The van der Waals surface area contributed by atoms with Crippen molar-refractivity contribution in [1.29, 1.82) is 0 Å². The van der Waals surface area contributed by atoms with Gasteiger partial charge in [-0.3, -0.25) is 4.79 Å². The standard InChI is InChI=1S/C23H16F3N3O3/c1-13-5-8-20(27-12-13)29-21(31)18-9-14-6-7-17(30)11-19(14)32-22(18)28-16-4-2-3-15(10-16)23(24,25)26/h2-12,30H,1H3,(H,27,29,31). The second-order valence-electron chi connectivity index (χ2n) is 7.02. The molecule has 4 aromatic rings. The van der Waals surface area contributed by atoms with Crippen molar-refractivity contribution in [3.05, 3.63) is 89.1 Å². The molecule has 32 heavy (non-hydrogen) atoms. The highest BCUT2D eigenvalue weighted by atomic mass is 19.4. The van der Waals surface area contributed by atoms with Crippen molar-refractivity contribution in [1.82, 2.24) is 4.98 Å². The molecule has 9 heteroatoms. The lowest BCUT2D eigenvalue weighted by Crippen LogP contribution is -2.22. The number of hydrogen-bond donors (Lipinski definition) is 2. The van der Waals surface area contributed by atoms with Crippen molar-refractivity contribution in [3.8, 4) is 5.75 Å². The molecule has 0 saturated carbocycles. The van der Waals surface area contributed by atoms with Crippen LogP contribution in [-0.4, -0.2) is 16.0 Å². The summed E-state index contributed by atoms with van der Waals surface area (Å²) in [5.41, 5.74) is -0.0443. The molecule has 0 spiro atoms. The van der Waals surface area contributed by atoms with Gasteiger partial charge >= 0.3 is 6.18 Å². The van der Waals surface area contributed by atoms with Crippen LogP contribution < -0.4 is 10.9 Å². The molecule has 2 N–H and O–H groups in total. The first-order valence-electron chi connectivity index (χ1n) is 9.42. The lowest BCUT2D eigenvalue weighted by molar-refractivity contribution is -0.137. The zero-order chi connectivity index (χ0) is 22.9. The Labute approximate surface area is 179 Å². The summed E-state index contributed by atoms with van der Waals surface area (Å²) in [6, 6.07) is 13.5. The number of hydrogen-bond acceptors (Lipinski definition) is 5. The van der Waals surface area contributed by atoms with Gasteiger partial charge < -0.3 is 14.8 Å². The maximum Gasteiger partial charge on any atom is 0.416 e. The van der Waals surface area contributed by atoms with Crippen molar-refractivity contribution in [2.24, 2.45) is 4.99 Å². The number of fused-ring (bicyclic) bond motifs is 1. The van der Waals surface area contributed by atoms with Crippen LogP contribution in [0.5, 0.6) is 5.75 Å². The molecule has 0 unspecified atom stereocenters.